The maximum Gasteiger partial charge on any atom is 0.244 e. The van der Waals surface area contributed by atoms with E-state index in [9.17, 15) is 5.26 Å². The Labute approximate surface area is 166 Å². The normalized spacial score (nSPS) is 21.6. The topological polar surface area (TPSA) is 91.0 Å². The lowest BCUT2D eigenvalue weighted by atomic mass is 9.61. The Hall–Kier alpha value is -2.94. The van der Waals surface area contributed by atoms with E-state index in [1.807, 2.05) is 6.92 Å². The van der Waals surface area contributed by atoms with Gasteiger partial charge in [0.05, 0.1) is 11.0 Å². The predicted molar refractivity (Wildman–Crippen MR) is 109 cm³/mol. The summed E-state index contributed by atoms with van der Waals surface area (Å²) in [6, 6.07) is 8.99. The Kier molecular flexibility index (Phi) is 4.34. The molecule has 1 aromatic carbocycles. The fourth-order valence-electron chi connectivity index (χ4n) is 4.91. The molecule has 0 saturated carbocycles. The van der Waals surface area contributed by atoms with Gasteiger partial charge in [-0.05, 0) is 55.9 Å². The SMILES string of the molecule is Cc1cc(N2CCCC2)cc([C@@]2(C(C)C)C(C#N)=C(N)Oc3n[nH]c(C)c32)c1. The van der Waals surface area contributed by atoms with Crippen LogP contribution in [-0.2, 0) is 5.41 Å². The molecule has 4 rings (SSSR count). The van der Waals surface area contributed by atoms with Crippen molar-refractivity contribution in [1.82, 2.24) is 10.2 Å². The van der Waals surface area contributed by atoms with Gasteiger partial charge in [-0.25, -0.2) is 0 Å². The lowest BCUT2D eigenvalue weighted by molar-refractivity contribution is 0.323. The number of fused-ring (bicyclic) bond motifs is 1. The molecule has 0 bridgehead atoms. The van der Waals surface area contributed by atoms with Gasteiger partial charge in [-0.2, -0.15) is 5.26 Å². The van der Waals surface area contributed by atoms with Crippen molar-refractivity contribution >= 4 is 5.69 Å². The van der Waals surface area contributed by atoms with Gasteiger partial charge in [0.25, 0.3) is 0 Å². The molecular weight excluding hydrogens is 350 g/mol. The van der Waals surface area contributed by atoms with Gasteiger partial charge in [0.1, 0.15) is 11.6 Å². The summed E-state index contributed by atoms with van der Waals surface area (Å²) < 4.78 is 5.73. The standard InChI is InChI=1S/C22H27N5O/c1-13(2)22(16-9-14(3)10-17(11-16)27-7-5-6-8-27)18(12-23)20(24)28-21-19(22)15(4)25-26-21/h9-11,13H,5-8,24H2,1-4H3,(H,25,26)/t22-/m0/s1. The van der Waals surface area contributed by atoms with Crippen molar-refractivity contribution in [1.29, 1.82) is 5.26 Å². The minimum atomic E-state index is -0.704. The van der Waals surface area contributed by atoms with E-state index in [-0.39, 0.29) is 11.8 Å². The molecule has 2 aliphatic rings. The number of aryl methyl sites for hydroxylation is 2. The van der Waals surface area contributed by atoms with Gasteiger partial charge in [-0.3, -0.25) is 5.10 Å². The van der Waals surface area contributed by atoms with Crippen molar-refractivity contribution in [2.24, 2.45) is 11.7 Å². The number of nitrogens with two attached hydrogens (primary N) is 1. The quantitative estimate of drug-likeness (QED) is 0.852. The Morgan fingerprint density at radius 1 is 1.25 bits per heavy atom. The molecule has 3 heterocycles. The third-order valence-corrected chi connectivity index (χ3v) is 6.12. The number of nitriles is 1. The highest BCUT2D eigenvalue weighted by Gasteiger charge is 2.50. The molecule has 6 heteroatoms. The minimum Gasteiger partial charge on any atom is -0.420 e. The van der Waals surface area contributed by atoms with Crippen LogP contribution in [0.2, 0.25) is 0 Å². The van der Waals surface area contributed by atoms with Crippen LogP contribution in [0.5, 0.6) is 5.88 Å². The van der Waals surface area contributed by atoms with E-state index < -0.39 is 5.41 Å². The summed E-state index contributed by atoms with van der Waals surface area (Å²) in [5.41, 5.74) is 11.2. The van der Waals surface area contributed by atoms with Crippen molar-refractivity contribution in [2.75, 3.05) is 18.0 Å². The van der Waals surface area contributed by atoms with E-state index >= 15 is 0 Å². The molecule has 0 spiro atoms. The number of benzene rings is 1. The van der Waals surface area contributed by atoms with Crippen molar-refractivity contribution < 1.29 is 4.74 Å². The highest BCUT2D eigenvalue weighted by molar-refractivity contribution is 5.65. The van der Waals surface area contributed by atoms with Crippen LogP contribution in [0.1, 0.15) is 49.1 Å². The molecule has 0 radical (unpaired) electrons. The molecule has 1 aromatic heterocycles. The van der Waals surface area contributed by atoms with Crippen LogP contribution in [-0.4, -0.2) is 23.3 Å². The van der Waals surface area contributed by atoms with Crippen LogP contribution >= 0.6 is 0 Å². The van der Waals surface area contributed by atoms with Gasteiger partial charge >= 0.3 is 0 Å². The van der Waals surface area contributed by atoms with Crippen LogP contribution in [0.15, 0.2) is 29.7 Å². The first-order valence-corrected chi connectivity index (χ1v) is 9.90. The number of ether oxygens (including phenoxy) is 1. The Morgan fingerprint density at radius 2 is 1.96 bits per heavy atom. The zero-order valence-electron chi connectivity index (χ0n) is 17.0. The summed E-state index contributed by atoms with van der Waals surface area (Å²) in [6.45, 7) is 10.5. The summed E-state index contributed by atoms with van der Waals surface area (Å²) >= 11 is 0. The van der Waals surface area contributed by atoms with Crippen LogP contribution < -0.4 is 15.4 Å². The van der Waals surface area contributed by atoms with Crippen LogP contribution in [0.25, 0.3) is 0 Å². The average Bonchev–Trinajstić information content (AvgIpc) is 3.30. The number of nitrogens with zero attached hydrogens (tertiary/aromatic N) is 3. The Morgan fingerprint density at radius 3 is 2.61 bits per heavy atom. The Balaban J connectivity index is 2.04. The zero-order valence-corrected chi connectivity index (χ0v) is 17.0. The molecule has 3 N–H and O–H groups in total. The van der Waals surface area contributed by atoms with Crippen molar-refractivity contribution in [3.05, 3.63) is 52.0 Å². The fourth-order valence-corrected chi connectivity index (χ4v) is 4.91. The second-order valence-electron chi connectivity index (χ2n) is 8.20. The molecule has 6 nitrogen and oxygen atoms in total. The minimum absolute atomic E-state index is 0.0767. The van der Waals surface area contributed by atoms with Crippen molar-refractivity contribution in [3.63, 3.8) is 0 Å². The number of rotatable bonds is 3. The molecule has 146 valence electrons. The molecule has 0 aliphatic carbocycles. The summed E-state index contributed by atoms with van der Waals surface area (Å²) in [7, 11) is 0. The first-order chi connectivity index (χ1) is 13.4. The van der Waals surface area contributed by atoms with Gasteiger partial charge in [0.15, 0.2) is 0 Å². The zero-order chi connectivity index (χ0) is 20.1. The Bertz CT molecular complexity index is 991. The fraction of sp³-hybridized carbons (Fsp3) is 0.455. The van der Waals surface area contributed by atoms with Gasteiger partial charge in [0, 0.05) is 24.5 Å². The maximum absolute atomic E-state index is 10.1. The monoisotopic (exact) mass is 377 g/mol. The molecule has 1 atom stereocenters. The number of aromatic amines is 1. The van der Waals surface area contributed by atoms with Gasteiger partial charge in [0.2, 0.25) is 11.8 Å². The maximum atomic E-state index is 10.1. The third-order valence-electron chi connectivity index (χ3n) is 6.12. The smallest absolute Gasteiger partial charge is 0.244 e. The lowest BCUT2D eigenvalue weighted by Gasteiger charge is -2.41. The molecular formula is C22H27N5O. The number of H-pyrrole nitrogens is 1. The van der Waals surface area contributed by atoms with E-state index in [0.717, 1.165) is 29.9 Å². The number of hydrogen-bond donors (Lipinski definition) is 2. The van der Waals surface area contributed by atoms with E-state index in [1.54, 1.807) is 0 Å². The highest BCUT2D eigenvalue weighted by atomic mass is 16.5. The van der Waals surface area contributed by atoms with Crippen LogP contribution in [0.4, 0.5) is 5.69 Å². The van der Waals surface area contributed by atoms with E-state index in [0.29, 0.717) is 11.5 Å². The first kappa shape index (κ1) is 18.4. The highest BCUT2D eigenvalue weighted by Crippen LogP contribution is 2.53. The number of hydrogen-bond acceptors (Lipinski definition) is 5. The lowest BCUT2D eigenvalue weighted by Crippen LogP contribution is -2.41. The second-order valence-corrected chi connectivity index (χ2v) is 8.20. The van der Waals surface area contributed by atoms with Crippen molar-refractivity contribution in [2.45, 2.75) is 46.0 Å². The summed E-state index contributed by atoms with van der Waals surface area (Å²) in [5.74, 6) is 0.680. The predicted octanol–water partition coefficient (Wildman–Crippen LogP) is 3.66. The molecule has 1 saturated heterocycles. The summed E-state index contributed by atoms with van der Waals surface area (Å²) in [4.78, 5) is 2.42. The number of allylic oxidation sites excluding steroid dienone is 1. The molecule has 2 aromatic rings. The third kappa shape index (κ3) is 2.50. The summed E-state index contributed by atoms with van der Waals surface area (Å²) in [6.07, 6.45) is 2.43. The molecule has 0 amide bonds. The molecule has 0 unspecified atom stereocenters. The van der Waals surface area contributed by atoms with Gasteiger partial charge in [-0.15, -0.1) is 5.10 Å². The number of nitrogens with one attached hydrogen (secondary N) is 1. The summed E-state index contributed by atoms with van der Waals surface area (Å²) in [5, 5.41) is 17.5. The van der Waals surface area contributed by atoms with E-state index in [1.165, 1.54) is 24.1 Å². The second kappa shape index (κ2) is 6.59. The molecule has 28 heavy (non-hydrogen) atoms. The average molecular weight is 377 g/mol. The van der Waals surface area contributed by atoms with E-state index in [4.69, 9.17) is 10.5 Å². The largest absolute Gasteiger partial charge is 0.420 e. The molecule has 1 fully saturated rings. The van der Waals surface area contributed by atoms with E-state index in [2.05, 4.69) is 60.1 Å². The number of anilines is 1. The van der Waals surface area contributed by atoms with Gasteiger partial charge < -0.3 is 15.4 Å². The number of aromatic nitrogens is 2. The first-order valence-electron chi connectivity index (χ1n) is 9.90. The van der Waals surface area contributed by atoms with Crippen LogP contribution in [0.3, 0.4) is 0 Å². The van der Waals surface area contributed by atoms with Gasteiger partial charge in [-0.1, -0.05) is 19.9 Å². The molecule has 2 aliphatic heterocycles. The van der Waals surface area contributed by atoms with Crippen LogP contribution in [0, 0.1) is 31.1 Å². The van der Waals surface area contributed by atoms with Crippen molar-refractivity contribution in [3.8, 4) is 11.9 Å².